The topological polar surface area (TPSA) is 9.23 Å². The molecule has 0 amide bonds. The van der Waals surface area contributed by atoms with E-state index in [4.69, 9.17) is 7.48 Å². The second-order valence-electron chi connectivity index (χ2n) is 2.10. The molecule has 0 heterocycles. The number of rotatable bonds is 6. The Morgan fingerprint density at radius 3 is 2.44 bits per heavy atom. The molecular weight excluding hydrogens is 112 g/mol. The lowest BCUT2D eigenvalue weighted by molar-refractivity contribution is 0.128. The van der Waals surface area contributed by atoms with Crippen molar-refractivity contribution in [2.24, 2.45) is 0 Å². The first-order valence-electron chi connectivity index (χ1n) is 4.76. The van der Waals surface area contributed by atoms with E-state index < -0.39 is 6.56 Å². The van der Waals surface area contributed by atoms with Crippen LogP contribution in [0.2, 0.25) is 0 Å². The van der Waals surface area contributed by atoms with Crippen molar-refractivity contribution in [3.05, 3.63) is 0 Å². The standard InChI is InChI=1S/C8H18O/c1-3-5-7-9-8-6-4-2/h3-8H2,1-2H3/i7D2. The van der Waals surface area contributed by atoms with E-state index >= 15 is 0 Å². The molecule has 0 fully saturated rings. The summed E-state index contributed by atoms with van der Waals surface area (Å²) in [5, 5.41) is 0. The van der Waals surface area contributed by atoms with Crippen LogP contribution in [0.4, 0.5) is 0 Å². The van der Waals surface area contributed by atoms with Gasteiger partial charge in [0.15, 0.2) is 0 Å². The monoisotopic (exact) mass is 132 g/mol. The van der Waals surface area contributed by atoms with Crippen LogP contribution in [0.3, 0.4) is 0 Å². The molecule has 0 radical (unpaired) electrons. The SMILES string of the molecule is [2H]C([2H])(CCC)OCCCC. The van der Waals surface area contributed by atoms with Gasteiger partial charge in [0.25, 0.3) is 0 Å². The molecule has 0 unspecified atom stereocenters. The van der Waals surface area contributed by atoms with E-state index in [0.29, 0.717) is 13.0 Å². The van der Waals surface area contributed by atoms with Crippen LogP contribution in [0.1, 0.15) is 42.3 Å². The van der Waals surface area contributed by atoms with Gasteiger partial charge in [-0.15, -0.1) is 0 Å². The molecule has 0 bridgehead atoms. The third-order valence-corrected chi connectivity index (χ3v) is 1.05. The van der Waals surface area contributed by atoms with Gasteiger partial charge < -0.3 is 4.74 Å². The number of ether oxygens (including phenoxy) is 1. The van der Waals surface area contributed by atoms with Crippen LogP contribution in [0.25, 0.3) is 0 Å². The van der Waals surface area contributed by atoms with E-state index in [1.165, 1.54) is 0 Å². The zero-order valence-electron chi connectivity index (χ0n) is 8.44. The first kappa shape index (κ1) is 5.72. The van der Waals surface area contributed by atoms with Gasteiger partial charge in [0.2, 0.25) is 0 Å². The molecule has 0 atom stereocenters. The minimum Gasteiger partial charge on any atom is -0.381 e. The summed E-state index contributed by atoms with van der Waals surface area (Å²) in [6.07, 6.45) is 3.33. The highest BCUT2D eigenvalue weighted by atomic mass is 16.5. The third kappa shape index (κ3) is 7.96. The van der Waals surface area contributed by atoms with Gasteiger partial charge in [0, 0.05) is 13.2 Å². The lowest BCUT2D eigenvalue weighted by atomic mass is 10.3. The summed E-state index contributed by atoms with van der Waals surface area (Å²) in [6.45, 7) is 3.17. The highest BCUT2D eigenvalue weighted by molar-refractivity contribution is 4.33. The molecule has 0 aliphatic heterocycles. The molecule has 0 aliphatic rings. The molecule has 0 aromatic rings. The maximum absolute atomic E-state index is 7.35. The second kappa shape index (κ2) is 7.96. The molecule has 0 saturated carbocycles. The molecule has 0 aromatic heterocycles. The Labute approximate surface area is 61.2 Å². The van der Waals surface area contributed by atoms with E-state index in [-0.39, 0.29) is 0 Å². The molecule has 0 spiro atoms. The van der Waals surface area contributed by atoms with Crippen molar-refractivity contribution in [3.63, 3.8) is 0 Å². The van der Waals surface area contributed by atoms with Gasteiger partial charge in [-0.25, -0.2) is 0 Å². The van der Waals surface area contributed by atoms with Crippen LogP contribution in [0.5, 0.6) is 0 Å². The first-order valence-corrected chi connectivity index (χ1v) is 3.76. The lowest BCUT2D eigenvalue weighted by Gasteiger charge is -1.99. The van der Waals surface area contributed by atoms with Gasteiger partial charge in [-0.3, -0.25) is 0 Å². The normalized spacial score (nSPS) is 14.9. The van der Waals surface area contributed by atoms with Crippen molar-refractivity contribution in [3.8, 4) is 0 Å². The number of unbranched alkanes of at least 4 members (excludes halogenated alkanes) is 1. The first-order chi connectivity index (χ1) is 5.12. The Morgan fingerprint density at radius 2 is 1.89 bits per heavy atom. The Hall–Kier alpha value is -0.0400. The smallest absolute Gasteiger partial charge is 0.0567 e. The summed E-state index contributed by atoms with van der Waals surface area (Å²) in [4.78, 5) is 0. The molecule has 0 rings (SSSR count). The highest BCUT2D eigenvalue weighted by Gasteiger charge is 1.84. The third-order valence-electron chi connectivity index (χ3n) is 1.05. The fraction of sp³-hybridized carbons (Fsp3) is 1.00. The summed E-state index contributed by atoms with van der Waals surface area (Å²) in [7, 11) is 0. The summed E-state index contributed by atoms with van der Waals surface area (Å²) in [5.74, 6) is 0. The van der Waals surface area contributed by atoms with Crippen molar-refractivity contribution in [2.45, 2.75) is 39.5 Å². The molecule has 1 heteroatoms. The van der Waals surface area contributed by atoms with E-state index in [1.54, 1.807) is 0 Å². The zero-order chi connectivity index (χ0) is 8.74. The van der Waals surface area contributed by atoms with Crippen LogP contribution in [-0.4, -0.2) is 13.2 Å². The van der Waals surface area contributed by atoms with Gasteiger partial charge >= 0.3 is 0 Å². The Morgan fingerprint density at radius 1 is 1.22 bits per heavy atom. The van der Waals surface area contributed by atoms with Gasteiger partial charge in [0.1, 0.15) is 0 Å². The van der Waals surface area contributed by atoms with E-state index in [2.05, 4.69) is 6.92 Å². The second-order valence-corrected chi connectivity index (χ2v) is 2.10. The lowest BCUT2D eigenvalue weighted by Crippen LogP contribution is -1.95. The van der Waals surface area contributed by atoms with E-state index in [9.17, 15) is 0 Å². The van der Waals surface area contributed by atoms with Crippen molar-refractivity contribution < 1.29 is 7.48 Å². The molecular formula is C8H18O. The molecule has 0 aliphatic carbocycles. The van der Waals surface area contributed by atoms with Gasteiger partial charge in [0.05, 0.1) is 2.74 Å². The number of hydrogen-bond acceptors (Lipinski definition) is 1. The highest BCUT2D eigenvalue weighted by Crippen LogP contribution is 1.91. The maximum Gasteiger partial charge on any atom is 0.0567 e. The largest absolute Gasteiger partial charge is 0.381 e. The van der Waals surface area contributed by atoms with E-state index in [1.807, 2.05) is 6.92 Å². The number of hydrogen-bond donors (Lipinski definition) is 0. The van der Waals surface area contributed by atoms with Crippen LogP contribution in [0.15, 0.2) is 0 Å². The Kier molecular flexibility index (Phi) is 5.06. The molecule has 1 nitrogen and oxygen atoms in total. The fourth-order valence-electron chi connectivity index (χ4n) is 0.463. The summed E-state index contributed by atoms with van der Waals surface area (Å²) in [6, 6.07) is 0. The molecule has 56 valence electrons. The van der Waals surface area contributed by atoms with Crippen LogP contribution in [0, 0.1) is 0 Å². The van der Waals surface area contributed by atoms with Crippen LogP contribution < -0.4 is 0 Å². The zero-order valence-corrected chi connectivity index (χ0v) is 6.44. The molecule has 9 heavy (non-hydrogen) atoms. The molecule has 0 N–H and O–H groups in total. The molecule has 0 aromatic carbocycles. The van der Waals surface area contributed by atoms with Gasteiger partial charge in [-0.2, -0.15) is 0 Å². The molecule has 0 saturated heterocycles. The minimum absolute atomic E-state index is 0.497. The van der Waals surface area contributed by atoms with Crippen molar-refractivity contribution >= 4 is 0 Å². The summed E-state index contributed by atoms with van der Waals surface area (Å²) in [5.41, 5.74) is 0. The summed E-state index contributed by atoms with van der Waals surface area (Å²) < 4.78 is 19.7. The van der Waals surface area contributed by atoms with Crippen LogP contribution in [-0.2, 0) is 4.74 Å². The van der Waals surface area contributed by atoms with Crippen molar-refractivity contribution in [2.75, 3.05) is 13.2 Å². The van der Waals surface area contributed by atoms with Crippen LogP contribution >= 0.6 is 0 Å². The minimum atomic E-state index is -1.40. The fourth-order valence-corrected chi connectivity index (χ4v) is 0.463. The quantitative estimate of drug-likeness (QED) is 0.505. The van der Waals surface area contributed by atoms with Gasteiger partial charge in [-0.05, 0) is 12.8 Å². The predicted octanol–water partition coefficient (Wildman–Crippen LogP) is 2.60. The maximum atomic E-state index is 7.35. The average molecular weight is 132 g/mol. The Balaban J connectivity index is 3.38. The van der Waals surface area contributed by atoms with Crippen molar-refractivity contribution in [1.29, 1.82) is 0 Å². The predicted molar refractivity (Wildman–Crippen MR) is 40.6 cm³/mol. The average Bonchev–Trinajstić information content (AvgIpc) is 1.87. The van der Waals surface area contributed by atoms with Crippen molar-refractivity contribution in [1.82, 2.24) is 0 Å². The Bertz CT molecular complexity index is 94.1. The summed E-state index contributed by atoms with van der Waals surface area (Å²) >= 11 is 0. The van der Waals surface area contributed by atoms with Gasteiger partial charge in [-0.1, -0.05) is 26.7 Å². The van der Waals surface area contributed by atoms with E-state index in [0.717, 1.165) is 19.3 Å².